The van der Waals surface area contributed by atoms with Crippen molar-refractivity contribution < 1.29 is 23.9 Å². The van der Waals surface area contributed by atoms with Crippen LogP contribution in [0.5, 0.6) is 0 Å². The Kier molecular flexibility index (Phi) is 11.8. The standard InChI is InChI=1S/C26H38N4O5/c1-7-10-17-28-23(32)22(19-13-11-18(8-2)12-14-19)30(9-3)24(33)20(15-16-21(27)31)29-25(34)35-26(4,5)6/h3,11-14,20,22H,7-8,10,15-17H2,1-2,4-6H3,(H2,27,31)(H,28,32)(H,29,34). The number of carbonyl (C=O) groups is 4. The van der Waals surface area contributed by atoms with Gasteiger partial charge in [0.25, 0.3) is 5.91 Å². The fourth-order valence-corrected chi connectivity index (χ4v) is 3.27. The third kappa shape index (κ3) is 10.1. The fraction of sp³-hybridized carbons (Fsp3) is 0.538. The van der Waals surface area contributed by atoms with Crippen LogP contribution in [-0.4, -0.2) is 46.9 Å². The van der Waals surface area contributed by atoms with Gasteiger partial charge in [-0.05, 0) is 51.2 Å². The number of unbranched alkanes of at least 4 members (excludes halogenated alkanes) is 1. The highest BCUT2D eigenvalue weighted by molar-refractivity contribution is 5.93. The van der Waals surface area contributed by atoms with Crippen molar-refractivity contribution in [1.82, 2.24) is 15.5 Å². The molecule has 0 saturated heterocycles. The van der Waals surface area contributed by atoms with Crippen LogP contribution in [-0.2, 0) is 25.5 Å². The molecule has 192 valence electrons. The van der Waals surface area contributed by atoms with Gasteiger partial charge in [0, 0.05) is 19.0 Å². The number of terminal acetylenes is 1. The van der Waals surface area contributed by atoms with Crippen molar-refractivity contribution in [3.05, 3.63) is 35.4 Å². The molecule has 0 heterocycles. The van der Waals surface area contributed by atoms with Crippen LogP contribution in [0.2, 0.25) is 0 Å². The molecule has 4 amide bonds. The van der Waals surface area contributed by atoms with Crippen molar-refractivity contribution >= 4 is 23.8 Å². The van der Waals surface area contributed by atoms with Crippen molar-refractivity contribution in [2.24, 2.45) is 5.73 Å². The molecule has 1 rings (SSSR count). The minimum atomic E-state index is -1.23. The molecule has 4 N–H and O–H groups in total. The summed E-state index contributed by atoms with van der Waals surface area (Å²) in [5, 5.41) is 5.30. The number of nitrogens with one attached hydrogen (secondary N) is 2. The van der Waals surface area contributed by atoms with E-state index in [1.807, 2.05) is 26.0 Å². The molecule has 2 atom stereocenters. The smallest absolute Gasteiger partial charge is 0.408 e. The van der Waals surface area contributed by atoms with Gasteiger partial charge in [-0.3, -0.25) is 19.3 Å². The quantitative estimate of drug-likeness (QED) is 0.238. The lowest BCUT2D eigenvalue weighted by molar-refractivity contribution is -0.138. The van der Waals surface area contributed by atoms with E-state index in [1.165, 1.54) is 0 Å². The van der Waals surface area contributed by atoms with Gasteiger partial charge in [-0.1, -0.05) is 51.0 Å². The van der Waals surface area contributed by atoms with Gasteiger partial charge in [-0.2, -0.15) is 0 Å². The van der Waals surface area contributed by atoms with Gasteiger partial charge in [0.2, 0.25) is 11.8 Å². The summed E-state index contributed by atoms with van der Waals surface area (Å²) in [5.74, 6) is -1.82. The van der Waals surface area contributed by atoms with E-state index in [0.717, 1.165) is 29.7 Å². The third-order valence-corrected chi connectivity index (χ3v) is 5.08. The van der Waals surface area contributed by atoms with Gasteiger partial charge in [-0.15, -0.1) is 0 Å². The predicted octanol–water partition coefficient (Wildman–Crippen LogP) is 2.78. The van der Waals surface area contributed by atoms with Crippen molar-refractivity contribution in [3.63, 3.8) is 0 Å². The van der Waals surface area contributed by atoms with E-state index in [2.05, 4.69) is 16.7 Å². The molecule has 0 spiro atoms. The lowest BCUT2D eigenvalue weighted by Crippen LogP contribution is -2.51. The monoisotopic (exact) mass is 486 g/mol. The third-order valence-electron chi connectivity index (χ3n) is 5.08. The maximum Gasteiger partial charge on any atom is 0.408 e. The molecular weight excluding hydrogens is 448 g/mol. The van der Waals surface area contributed by atoms with E-state index in [4.69, 9.17) is 16.9 Å². The van der Waals surface area contributed by atoms with E-state index < -0.39 is 41.5 Å². The summed E-state index contributed by atoms with van der Waals surface area (Å²) in [6, 6.07) is 7.18. The Morgan fingerprint density at radius 1 is 1.14 bits per heavy atom. The van der Waals surface area contributed by atoms with Crippen molar-refractivity contribution in [2.75, 3.05) is 6.54 Å². The zero-order valence-electron chi connectivity index (χ0n) is 21.3. The molecular formula is C26H38N4O5. The lowest BCUT2D eigenvalue weighted by atomic mass is 10.00. The summed E-state index contributed by atoms with van der Waals surface area (Å²) in [6.07, 6.45) is 7.04. The number of carbonyl (C=O) groups excluding carboxylic acids is 4. The second kappa shape index (κ2) is 14.0. The Morgan fingerprint density at radius 3 is 2.26 bits per heavy atom. The highest BCUT2D eigenvalue weighted by atomic mass is 16.6. The predicted molar refractivity (Wildman–Crippen MR) is 134 cm³/mol. The molecule has 0 aliphatic heterocycles. The molecule has 0 radical (unpaired) electrons. The van der Waals surface area contributed by atoms with Crippen molar-refractivity contribution in [2.45, 2.75) is 84.4 Å². The first-order chi connectivity index (χ1) is 16.4. The van der Waals surface area contributed by atoms with Gasteiger partial charge in [0.05, 0.1) is 0 Å². The highest BCUT2D eigenvalue weighted by Gasteiger charge is 2.35. The Balaban J connectivity index is 3.34. The molecule has 1 aromatic rings. The van der Waals surface area contributed by atoms with E-state index in [-0.39, 0.29) is 12.8 Å². The summed E-state index contributed by atoms with van der Waals surface area (Å²) >= 11 is 0. The minimum Gasteiger partial charge on any atom is -0.444 e. The minimum absolute atomic E-state index is 0.107. The van der Waals surface area contributed by atoms with Gasteiger partial charge in [0.15, 0.2) is 0 Å². The molecule has 2 unspecified atom stereocenters. The average molecular weight is 487 g/mol. The number of rotatable bonds is 12. The van der Waals surface area contributed by atoms with Crippen molar-refractivity contribution in [1.29, 1.82) is 0 Å². The number of hydrogen-bond acceptors (Lipinski definition) is 5. The van der Waals surface area contributed by atoms with Gasteiger partial charge in [0.1, 0.15) is 17.7 Å². The second-order valence-electron chi connectivity index (χ2n) is 9.18. The lowest BCUT2D eigenvalue weighted by Gasteiger charge is -2.30. The average Bonchev–Trinajstić information content (AvgIpc) is 2.78. The van der Waals surface area contributed by atoms with E-state index in [9.17, 15) is 19.2 Å². The summed E-state index contributed by atoms with van der Waals surface area (Å²) in [4.78, 5) is 51.5. The molecule has 0 saturated carbocycles. The SMILES string of the molecule is C#CN(C(=O)C(CCC(N)=O)NC(=O)OC(C)(C)C)C(C(=O)NCCCC)c1ccc(CC)cc1. The number of ether oxygens (including phenoxy) is 1. The Labute approximate surface area is 208 Å². The number of aryl methyl sites for hydroxylation is 1. The van der Waals surface area contributed by atoms with Crippen LogP contribution in [0.4, 0.5) is 4.79 Å². The Bertz CT molecular complexity index is 915. The summed E-state index contributed by atoms with van der Waals surface area (Å²) < 4.78 is 5.25. The fourth-order valence-electron chi connectivity index (χ4n) is 3.27. The molecule has 9 heteroatoms. The van der Waals surface area contributed by atoms with Gasteiger partial charge in [-0.25, -0.2) is 4.79 Å². The molecule has 1 aromatic carbocycles. The maximum absolute atomic E-state index is 13.5. The van der Waals surface area contributed by atoms with E-state index in [1.54, 1.807) is 32.9 Å². The van der Waals surface area contributed by atoms with Crippen LogP contribution < -0.4 is 16.4 Å². The van der Waals surface area contributed by atoms with E-state index >= 15 is 0 Å². The first-order valence-corrected chi connectivity index (χ1v) is 11.9. The van der Waals surface area contributed by atoms with Crippen LogP contribution in [0.25, 0.3) is 0 Å². The number of alkyl carbamates (subject to hydrolysis) is 1. The number of primary amides is 1. The molecule has 35 heavy (non-hydrogen) atoms. The largest absolute Gasteiger partial charge is 0.444 e. The van der Waals surface area contributed by atoms with Crippen LogP contribution >= 0.6 is 0 Å². The van der Waals surface area contributed by atoms with E-state index in [0.29, 0.717) is 12.1 Å². The molecule has 0 aliphatic rings. The van der Waals surface area contributed by atoms with Gasteiger partial charge >= 0.3 is 6.09 Å². The molecule has 0 aromatic heterocycles. The molecule has 9 nitrogen and oxygen atoms in total. The summed E-state index contributed by atoms with van der Waals surface area (Å²) in [5.41, 5.74) is 6.04. The normalized spacial score (nSPS) is 12.6. The van der Waals surface area contributed by atoms with Gasteiger partial charge < -0.3 is 21.1 Å². The number of benzene rings is 1. The maximum atomic E-state index is 13.5. The first kappa shape index (κ1) is 29.5. The van der Waals surface area contributed by atoms with Crippen molar-refractivity contribution in [3.8, 4) is 12.5 Å². The Hall–Kier alpha value is -3.54. The first-order valence-electron chi connectivity index (χ1n) is 11.9. The Morgan fingerprint density at radius 2 is 1.77 bits per heavy atom. The zero-order valence-corrected chi connectivity index (χ0v) is 21.3. The highest BCUT2D eigenvalue weighted by Crippen LogP contribution is 2.23. The number of nitrogens with zero attached hydrogens (tertiary/aromatic N) is 1. The number of amides is 4. The molecule has 0 fully saturated rings. The number of nitrogens with two attached hydrogens (primary N) is 1. The second-order valence-corrected chi connectivity index (χ2v) is 9.18. The van der Waals surface area contributed by atoms with Crippen LogP contribution in [0.1, 0.15) is 77.5 Å². The van der Waals surface area contributed by atoms with Crippen LogP contribution in [0, 0.1) is 12.5 Å². The zero-order chi connectivity index (χ0) is 26.6. The summed E-state index contributed by atoms with van der Waals surface area (Å²) in [6.45, 7) is 9.46. The topological polar surface area (TPSA) is 131 Å². The summed E-state index contributed by atoms with van der Waals surface area (Å²) in [7, 11) is 0. The van der Waals surface area contributed by atoms with Crippen LogP contribution in [0.3, 0.4) is 0 Å². The van der Waals surface area contributed by atoms with Crippen LogP contribution in [0.15, 0.2) is 24.3 Å². The number of hydrogen-bond donors (Lipinski definition) is 3. The molecule has 0 aliphatic carbocycles. The molecule has 0 bridgehead atoms.